The van der Waals surface area contributed by atoms with E-state index >= 15 is 0 Å². The summed E-state index contributed by atoms with van der Waals surface area (Å²) in [5.74, 6) is 2.34. The summed E-state index contributed by atoms with van der Waals surface area (Å²) in [6, 6.07) is 7.22. The molecule has 0 aromatic heterocycles. The number of thioether (sulfide) groups is 1. The zero-order valence-electron chi connectivity index (χ0n) is 8.78. The molecule has 1 N–H and O–H groups in total. The van der Waals surface area contributed by atoms with Crippen LogP contribution in [0.4, 0.5) is 0 Å². The van der Waals surface area contributed by atoms with E-state index in [1.165, 1.54) is 0 Å². The molecule has 1 unspecified atom stereocenters. The second kappa shape index (κ2) is 5.47. The van der Waals surface area contributed by atoms with Gasteiger partial charge < -0.3 is 5.32 Å². The fourth-order valence-corrected chi connectivity index (χ4v) is 1.74. The third kappa shape index (κ3) is 3.03. The number of hydrogen-bond donors (Lipinski definition) is 1. The molecule has 0 aliphatic carbocycles. The summed E-state index contributed by atoms with van der Waals surface area (Å²) in [6.45, 7) is 1.78. The third-order valence-corrected chi connectivity index (χ3v) is 2.75. The van der Waals surface area contributed by atoms with E-state index in [0.29, 0.717) is 5.56 Å². The third-order valence-electron chi connectivity index (χ3n) is 1.95. The Hall–Kier alpha value is -1.40. The number of amides is 1. The fraction of sp³-hybridized carbons (Fsp3) is 0.250. The van der Waals surface area contributed by atoms with E-state index in [4.69, 9.17) is 6.42 Å². The molecule has 0 bridgehead atoms. The molecule has 1 aromatic carbocycles. The van der Waals surface area contributed by atoms with Crippen LogP contribution in [0.25, 0.3) is 0 Å². The van der Waals surface area contributed by atoms with Gasteiger partial charge >= 0.3 is 0 Å². The molecule has 0 fully saturated rings. The van der Waals surface area contributed by atoms with E-state index in [1.54, 1.807) is 24.8 Å². The Bertz CT molecular complexity index is 395. The van der Waals surface area contributed by atoms with Crippen molar-refractivity contribution in [3.05, 3.63) is 29.8 Å². The van der Waals surface area contributed by atoms with Crippen molar-refractivity contribution in [3.8, 4) is 12.3 Å². The predicted molar refractivity (Wildman–Crippen MR) is 64.0 cm³/mol. The van der Waals surface area contributed by atoms with Crippen LogP contribution in [-0.2, 0) is 0 Å². The van der Waals surface area contributed by atoms with Crippen LogP contribution in [0.1, 0.15) is 17.3 Å². The minimum atomic E-state index is -0.243. The molecule has 0 radical (unpaired) electrons. The fourth-order valence-electron chi connectivity index (χ4n) is 1.15. The molecule has 0 aliphatic heterocycles. The van der Waals surface area contributed by atoms with Crippen molar-refractivity contribution < 1.29 is 4.79 Å². The number of carbonyl (C=O) groups excluding carboxylic acids is 1. The van der Waals surface area contributed by atoms with Crippen molar-refractivity contribution in [2.45, 2.75) is 17.9 Å². The molecular weight excluding hydrogens is 206 g/mol. The van der Waals surface area contributed by atoms with E-state index in [0.717, 1.165) is 4.90 Å². The highest BCUT2D eigenvalue weighted by atomic mass is 32.2. The van der Waals surface area contributed by atoms with Gasteiger partial charge in [0.05, 0.1) is 11.6 Å². The number of benzene rings is 1. The van der Waals surface area contributed by atoms with Crippen LogP contribution in [0, 0.1) is 12.3 Å². The predicted octanol–water partition coefficient (Wildman–Crippen LogP) is 2.16. The molecule has 0 heterocycles. The maximum Gasteiger partial charge on any atom is 0.253 e. The van der Waals surface area contributed by atoms with Crippen molar-refractivity contribution in [1.82, 2.24) is 5.32 Å². The van der Waals surface area contributed by atoms with Gasteiger partial charge in [-0.3, -0.25) is 4.79 Å². The Labute approximate surface area is 94.5 Å². The van der Waals surface area contributed by atoms with E-state index in [2.05, 4.69) is 11.2 Å². The average molecular weight is 219 g/mol. The summed E-state index contributed by atoms with van der Waals surface area (Å²) in [6.07, 6.45) is 7.14. The standard InChI is InChI=1S/C12H13NOS/c1-4-9(2)13-12(14)10-7-5-6-8-11(10)15-3/h1,5-9H,2-3H3,(H,13,14). The minimum absolute atomic E-state index is 0.120. The van der Waals surface area contributed by atoms with Gasteiger partial charge in [-0.2, -0.15) is 0 Å². The largest absolute Gasteiger partial charge is 0.339 e. The average Bonchev–Trinajstić information content (AvgIpc) is 2.28. The monoisotopic (exact) mass is 219 g/mol. The summed E-state index contributed by atoms with van der Waals surface area (Å²) in [4.78, 5) is 12.7. The summed E-state index contributed by atoms with van der Waals surface area (Å²) in [7, 11) is 0. The second-order valence-corrected chi connectivity index (χ2v) is 3.91. The molecule has 1 rings (SSSR count). The number of carbonyl (C=O) groups is 1. The molecule has 0 saturated heterocycles. The summed E-state index contributed by atoms with van der Waals surface area (Å²) < 4.78 is 0. The molecule has 1 atom stereocenters. The first-order valence-corrected chi connectivity index (χ1v) is 5.81. The summed E-state index contributed by atoms with van der Waals surface area (Å²) >= 11 is 1.55. The van der Waals surface area contributed by atoms with Crippen molar-refractivity contribution in [2.75, 3.05) is 6.26 Å². The Morgan fingerprint density at radius 1 is 1.53 bits per heavy atom. The van der Waals surface area contributed by atoms with E-state index < -0.39 is 0 Å². The highest BCUT2D eigenvalue weighted by Crippen LogP contribution is 2.19. The molecule has 2 nitrogen and oxygen atoms in total. The van der Waals surface area contributed by atoms with Gasteiger partial charge in [-0.05, 0) is 25.3 Å². The van der Waals surface area contributed by atoms with Crippen LogP contribution in [-0.4, -0.2) is 18.2 Å². The van der Waals surface area contributed by atoms with Crippen LogP contribution in [0.2, 0.25) is 0 Å². The van der Waals surface area contributed by atoms with Crippen LogP contribution in [0.5, 0.6) is 0 Å². The topological polar surface area (TPSA) is 29.1 Å². The first kappa shape index (κ1) is 11.7. The van der Waals surface area contributed by atoms with Crippen molar-refractivity contribution in [1.29, 1.82) is 0 Å². The van der Waals surface area contributed by atoms with Gasteiger partial charge in [0.2, 0.25) is 0 Å². The lowest BCUT2D eigenvalue weighted by atomic mass is 10.2. The first-order chi connectivity index (χ1) is 7.19. The van der Waals surface area contributed by atoms with Gasteiger partial charge in [0.25, 0.3) is 5.91 Å². The van der Waals surface area contributed by atoms with E-state index in [-0.39, 0.29) is 11.9 Å². The molecular formula is C12H13NOS. The minimum Gasteiger partial charge on any atom is -0.339 e. The Morgan fingerprint density at radius 3 is 2.80 bits per heavy atom. The Balaban J connectivity index is 2.87. The van der Waals surface area contributed by atoms with Crippen LogP contribution >= 0.6 is 11.8 Å². The summed E-state index contributed by atoms with van der Waals surface area (Å²) in [5.41, 5.74) is 0.673. The molecule has 3 heteroatoms. The maximum absolute atomic E-state index is 11.8. The van der Waals surface area contributed by atoms with Gasteiger partial charge in [-0.25, -0.2) is 0 Å². The van der Waals surface area contributed by atoms with Crippen molar-refractivity contribution >= 4 is 17.7 Å². The highest BCUT2D eigenvalue weighted by molar-refractivity contribution is 7.98. The van der Waals surface area contributed by atoms with Crippen molar-refractivity contribution in [3.63, 3.8) is 0 Å². The maximum atomic E-state index is 11.8. The molecule has 0 saturated carbocycles. The smallest absolute Gasteiger partial charge is 0.253 e. The lowest BCUT2D eigenvalue weighted by Gasteiger charge is -2.10. The Morgan fingerprint density at radius 2 is 2.20 bits per heavy atom. The molecule has 1 amide bonds. The van der Waals surface area contributed by atoms with Crippen molar-refractivity contribution in [2.24, 2.45) is 0 Å². The highest BCUT2D eigenvalue weighted by Gasteiger charge is 2.11. The van der Waals surface area contributed by atoms with E-state index in [9.17, 15) is 4.79 Å². The summed E-state index contributed by atoms with van der Waals surface area (Å²) in [5, 5.41) is 2.73. The second-order valence-electron chi connectivity index (χ2n) is 3.06. The normalized spacial score (nSPS) is 11.5. The molecule has 78 valence electrons. The Kier molecular flexibility index (Phi) is 4.26. The number of rotatable bonds is 3. The SMILES string of the molecule is C#CC(C)NC(=O)c1ccccc1SC. The lowest BCUT2D eigenvalue weighted by Crippen LogP contribution is -2.31. The van der Waals surface area contributed by atoms with Crippen LogP contribution in [0.15, 0.2) is 29.2 Å². The molecule has 0 spiro atoms. The number of terminal acetylenes is 1. The number of nitrogens with one attached hydrogen (secondary N) is 1. The molecule has 1 aromatic rings. The van der Waals surface area contributed by atoms with Gasteiger partial charge in [0.15, 0.2) is 0 Å². The zero-order valence-corrected chi connectivity index (χ0v) is 9.60. The van der Waals surface area contributed by atoms with Crippen LogP contribution < -0.4 is 5.32 Å². The molecule has 15 heavy (non-hydrogen) atoms. The van der Waals surface area contributed by atoms with Gasteiger partial charge in [0.1, 0.15) is 0 Å². The molecule has 0 aliphatic rings. The van der Waals surface area contributed by atoms with E-state index in [1.807, 2.05) is 24.5 Å². The van der Waals surface area contributed by atoms with Gasteiger partial charge in [-0.15, -0.1) is 18.2 Å². The quantitative estimate of drug-likeness (QED) is 0.623. The number of hydrogen-bond acceptors (Lipinski definition) is 2. The lowest BCUT2D eigenvalue weighted by molar-refractivity contribution is 0.0945. The van der Waals surface area contributed by atoms with Gasteiger partial charge in [-0.1, -0.05) is 18.1 Å². The first-order valence-electron chi connectivity index (χ1n) is 4.59. The van der Waals surface area contributed by atoms with Gasteiger partial charge in [0, 0.05) is 4.90 Å². The zero-order chi connectivity index (χ0) is 11.3. The van der Waals surface area contributed by atoms with Crippen LogP contribution in [0.3, 0.4) is 0 Å².